The van der Waals surface area contributed by atoms with Gasteiger partial charge in [-0.3, -0.25) is 4.79 Å². The number of aromatic hydroxyl groups is 2. The highest BCUT2D eigenvalue weighted by Gasteiger charge is 2.16. The molecule has 0 spiro atoms. The molecule has 24 heavy (non-hydrogen) atoms. The van der Waals surface area contributed by atoms with Crippen LogP contribution in [-0.2, 0) is 0 Å². The number of hydrogen-bond acceptors (Lipinski definition) is 4. The summed E-state index contributed by atoms with van der Waals surface area (Å²) in [5.41, 5.74) is 2.16. The number of amides is 1. The molecular formula is C19H22N2O3. The van der Waals surface area contributed by atoms with Gasteiger partial charge in [0.05, 0.1) is 0 Å². The van der Waals surface area contributed by atoms with E-state index in [1.54, 1.807) is 0 Å². The van der Waals surface area contributed by atoms with E-state index in [0.29, 0.717) is 11.3 Å². The molecule has 0 aromatic heterocycles. The minimum Gasteiger partial charge on any atom is -0.504 e. The van der Waals surface area contributed by atoms with Gasteiger partial charge in [0.2, 0.25) is 0 Å². The monoisotopic (exact) mass is 326 g/mol. The van der Waals surface area contributed by atoms with Crippen LogP contribution >= 0.6 is 0 Å². The predicted octanol–water partition coefficient (Wildman–Crippen LogP) is 3.59. The number of anilines is 2. The van der Waals surface area contributed by atoms with Gasteiger partial charge in [-0.1, -0.05) is 6.92 Å². The van der Waals surface area contributed by atoms with Crippen molar-refractivity contribution in [3.8, 4) is 11.5 Å². The Labute approximate surface area is 141 Å². The Bertz CT molecular complexity index is 720. The van der Waals surface area contributed by atoms with E-state index in [1.807, 2.05) is 24.3 Å². The quantitative estimate of drug-likeness (QED) is 0.754. The number of phenolic OH excluding ortho intramolecular Hbond substituents is 2. The second kappa shape index (κ2) is 6.83. The van der Waals surface area contributed by atoms with E-state index in [-0.39, 0.29) is 17.4 Å². The molecule has 0 aliphatic carbocycles. The van der Waals surface area contributed by atoms with Gasteiger partial charge in [-0.25, -0.2) is 0 Å². The molecule has 0 bridgehead atoms. The second-order valence-corrected chi connectivity index (χ2v) is 6.37. The zero-order valence-electron chi connectivity index (χ0n) is 13.7. The Balaban J connectivity index is 1.65. The highest BCUT2D eigenvalue weighted by Crippen LogP contribution is 2.26. The van der Waals surface area contributed by atoms with Crippen LogP contribution in [0.1, 0.15) is 30.1 Å². The first kappa shape index (κ1) is 16.2. The molecule has 126 valence electrons. The molecule has 1 amide bonds. The van der Waals surface area contributed by atoms with Crippen LogP contribution < -0.4 is 10.2 Å². The topological polar surface area (TPSA) is 72.8 Å². The van der Waals surface area contributed by atoms with E-state index < -0.39 is 0 Å². The fourth-order valence-electron chi connectivity index (χ4n) is 2.89. The molecule has 5 heteroatoms. The van der Waals surface area contributed by atoms with Crippen molar-refractivity contribution in [3.05, 3.63) is 48.0 Å². The normalized spacial score (nSPS) is 15.3. The predicted molar refractivity (Wildman–Crippen MR) is 94.8 cm³/mol. The number of carbonyl (C=O) groups is 1. The summed E-state index contributed by atoms with van der Waals surface area (Å²) in [5.74, 6) is -0.0875. The van der Waals surface area contributed by atoms with Crippen molar-refractivity contribution in [3.63, 3.8) is 0 Å². The summed E-state index contributed by atoms with van der Waals surface area (Å²) >= 11 is 0. The van der Waals surface area contributed by atoms with E-state index in [0.717, 1.165) is 19.0 Å². The Morgan fingerprint density at radius 2 is 1.71 bits per heavy atom. The summed E-state index contributed by atoms with van der Waals surface area (Å²) in [4.78, 5) is 14.6. The van der Waals surface area contributed by atoms with Crippen molar-refractivity contribution in [1.82, 2.24) is 0 Å². The Morgan fingerprint density at radius 3 is 2.33 bits per heavy atom. The molecule has 1 aliphatic heterocycles. The van der Waals surface area contributed by atoms with Crippen LogP contribution in [-0.4, -0.2) is 29.2 Å². The molecule has 1 fully saturated rings. The van der Waals surface area contributed by atoms with Crippen molar-refractivity contribution in [2.45, 2.75) is 19.8 Å². The number of benzene rings is 2. The molecular weight excluding hydrogens is 304 g/mol. The molecule has 1 saturated heterocycles. The highest BCUT2D eigenvalue weighted by molar-refractivity contribution is 6.04. The van der Waals surface area contributed by atoms with Crippen molar-refractivity contribution < 1.29 is 15.0 Å². The number of nitrogens with one attached hydrogen (secondary N) is 1. The first-order valence-electron chi connectivity index (χ1n) is 8.21. The standard InChI is InChI=1S/C19H22N2O3/c1-13-8-10-21(11-9-13)16-5-3-15(4-6-16)20-19(24)14-2-7-17(22)18(23)12-14/h2-7,12-13,22-23H,8-11H2,1H3,(H,20,24). The van der Waals surface area contributed by atoms with Crippen LogP contribution in [0.4, 0.5) is 11.4 Å². The summed E-state index contributed by atoms with van der Waals surface area (Å²) in [6.07, 6.45) is 2.42. The van der Waals surface area contributed by atoms with Gasteiger partial charge in [0.15, 0.2) is 11.5 Å². The third-order valence-corrected chi connectivity index (χ3v) is 4.51. The molecule has 1 aliphatic rings. The summed E-state index contributed by atoms with van der Waals surface area (Å²) in [5, 5.41) is 21.6. The van der Waals surface area contributed by atoms with Gasteiger partial charge in [0.25, 0.3) is 5.91 Å². The number of rotatable bonds is 3. The van der Waals surface area contributed by atoms with E-state index in [9.17, 15) is 15.0 Å². The number of hydrogen-bond donors (Lipinski definition) is 3. The van der Waals surface area contributed by atoms with Gasteiger partial charge in [-0.15, -0.1) is 0 Å². The van der Waals surface area contributed by atoms with Gasteiger partial charge < -0.3 is 20.4 Å². The van der Waals surface area contributed by atoms with Crippen LogP contribution in [0.2, 0.25) is 0 Å². The zero-order valence-corrected chi connectivity index (χ0v) is 13.7. The third-order valence-electron chi connectivity index (χ3n) is 4.51. The molecule has 3 N–H and O–H groups in total. The molecule has 1 heterocycles. The Hall–Kier alpha value is -2.69. The molecule has 2 aromatic rings. The Kier molecular flexibility index (Phi) is 4.60. The molecule has 0 saturated carbocycles. The maximum Gasteiger partial charge on any atom is 0.255 e. The van der Waals surface area contributed by atoms with Crippen molar-refractivity contribution in [2.24, 2.45) is 5.92 Å². The van der Waals surface area contributed by atoms with Gasteiger partial charge >= 0.3 is 0 Å². The first-order chi connectivity index (χ1) is 11.5. The van der Waals surface area contributed by atoms with Crippen LogP contribution in [0.15, 0.2) is 42.5 Å². The number of carbonyl (C=O) groups excluding carboxylic acids is 1. The molecule has 5 nitrogen and oxygen atoms in total. The van der Waals surface area contributed by atoms with E-state index in [1.165, 1.54) is 36.7 Å². The fraction of sp³-hybridized carbons (Fsp3) is 0.316. The number of phenols is 2. The van der Waals surface area contributed by atoms with Crippen molar-refractivity contribution in [1.29, 1.82) is 0 Å². The fourth-order valence-corrected chi connectivity index (χ4v) is 2.89. The van der Waals surface area contributed by atoms with Crippen LogP contribution in [0.3, 0.4) is 0 Å². The Morgan fingerprint density at radius 1 is 1.04 bits per heavy atom. The summed E-state index contributed by atoms with van der Waals surface area (Å²) in [6, 6.07) is 11.8. The molecule has 0 unspecified atom stereocenters. The largest absolute Gasteiger partial charge is 0.504 e. The molecule has 0 atom stereocenters. The third kappa shape index (κ3) is 3.62. The lowest BCUT2D eigenvalue weighted by Gasteiger charge is -2.32. The first-order valence-corrected chi connectivity index (χ1v) is 8.21. The van der Waals surface area contributed by atoms with Crippen molar-refractivity contribution in [2.75, 3.05) is 23.3 Å². The van der Waals surface area contributed by atoms with E-state index in [2.05, 4.69) is 17.1 Å². The van der Waals surface area contributed by atoms with E-state index in [4.69, 9.17) is 0 Å². The average Bonchev–Trinajstić information content (AvgIpc) is 2.59. The smallest absolute Gasteiger partial charge is 0.255 e. The molecule has 0 radical (unpaired) electrons. The van der Waals surface area contributed by atoms with Crippen LogP contribution in [0.25, 0.3) is 0 Å². The maximum atomic E-state index is 12.2. The van der Waals surface area contributed by atoms with Crippen LogP contribution in [0, 0.1) is 5.92 Å². The van der Waals surface area contributed by atoms with Gasteiger partial charge in [-0.05, 0) is 61.2 Å². The summed E-state index contributed by atoms with van der Waals surface area (Å²) in [6.45, 7) is 4.43. The molecule has 3 rings (SSSR count). The van der Waals surface area contributed by atoms with Crippen LogP contribution in [0.5, 0.6) is 11.5 Å². The summed E-state index contributed by atoms with van der Waals surface area (Å²) < 4.78 is 0. The van der Waals surface area contributed by atoms with Gasteiger partial charge in [0.1, 0.15) is 0 Å². The number of piperidine rings is 1. The number of nitrogens with zero attached hydrogens (tertiary/aromatic N) is 1. The summed E-state index contributed by atoms with van der Waals surface area (Å²) in [7, 11) is 0. The lowest BCUT2D eigenvalue weighted by molar-refractivity contribution is 0.102. The minimum absolute atomic E-state index is 0.244. The van der Waals surface area contributed by atoms with E-state index >= 15 is 0 Å². The SMILES string of the molecule is CC1CCN(c2ccc(NC(=O)c3ccc(O)c(O)c3)cc2)CC1. The zero-order chi connectivity index (χ0) is 17.1. The lowest BCUT2D eigenvalue weighted by Crippen LogP contribution is -2.32. The second-order valence-electron chi connectivity index (χ2n) is 6.37. The average molecular weight is 326 g/mol. The highest BCUT2D eigenvalue weighted by atomic mass is 16.3. The lowest BCUT2D eigenvalue weighted by atomic mass is 9.99. The van der Waals surface area contributed by atoms with Crippen molar-refractivity contribution >= 4 is 17.3 Å². The van der Waals surface area contributed by atoms with Gasteiger partial charge in [-0.2, -0.15) is 0 Å². The minimum atomic E-state index is -0.329. The van der Waals surface area contributed by atoms with Gasteiger partial charge in [0, 0.05) is 30.0 Å². The maximum absolute atomic E-state index is 12.2. The molecule has 2 aromatic carbocycles.